The molecule has 6 heteroatoms. The Bertz CT molecular complexity index is 779. The van der Waals surface area contributed by atoms with E-state index in [4.69, 9.17) is 11.6 Å². The molecule has 0 N–H and O–H groups in total. The summed E-state index contributed by atoms with van der Waals surface area (Å²) in [7, 11) is 0. The molecular formula is C18H23ClN2O3. The molecule has 24 heavy (non-hydrogen) atoms. The van der Waals surface area contributed by atoms with Gasteiger partial charge in [0.2, 0.25) is 0 Å². The predicted molar refractivity (Wildman–Crippen MR) is 97.2 cm³/mol. The van der Waals surface area contributed by atoms with Crippen molar-refractivity contribution in [3.63, 3.8) is 0 Å². The maximum atomic E-state index is 12.5. The van der Waals surface area contributed by atoms with Crippen molar-refractivity contribution in [3.8, 4) is 0 Å². The summed E-state index contributed by atoms with van der Waals surface area (Å²) in [6.45, 7) is 6.02. The summed E-state index contributed by atoms with van der Waals surface area (Å²) in [5.74, 6) is -0.0959. The largest absolute Gasteiger partial charge is 0.338 e. The highest BCUT2D eigenvalue weighted by Crippen LogP contribution is 2.01. The summed E-state index contributed by atoms with van der Waals surface area (Å²) in [5.41, 5.74) is -0.527. The topological polar surface area (TPSA) is 61.1 Å². The van der Waals surface area contributed by atoms with Crippen LogP contribution in [0.5, 0.6) is 0 Å². The molecular weight excluding hydrogens is 328 g/mol. The number of carbonyl (C=O) groups excluding carboxylic acids is 1. The zero-order valence-electron chi connectivity index (χ0n) is 14.3. The number of benzene rings is 1. The Morgan fingerprint density at radius 2 is 1.71 bits per heavy atom. The third-order valence-electron chi connectivity index (χ3n) is 3.33. The first-order valence-corrected chi connectivity index (χ1v) is 8.58. The lowest BCUT2D eigenvalue weighted by molar-refractivity contribution is 0.0948. The van der Waals surface area contributed by atoms with Crippen molar-refractivity contribution >= 4 is 17.5 Å². The second-order valence-corrected chi connectivity index (χ2v) is 5.37. The van der Waals surface area contributed by atoms with E-state index in [9.17, 15) is 14.4 Å². The van der Waals surface area contributed by atoms with E-state index in [2.05, 4.69) is 0 Å². The minimum absolute atomic E-state index is 0.305. The van der Waals surface area contributed by atoms with E-state index < -0.39 is 17.2 Å². The number of halogens is 1. The molecule has 5 nitrogen and oxygen atoms in total. The first-order chi connectivity index (χ1) is 11.6. The molecule has 0 spiro atoms. The minimum atomic E-state index is -0.612. The predicted octanol–water partition coefficient (Wildman–Crippen LogP) is 3.05. The smallest absolute Gasteiger partial charge is 0.300 e. The Balaban J connectivity index is 0.00000139. The Labute approximate surface area is 146 Å². The summed E-state index contributed by atoms with van der Waals surface area (Å²) in [5, 5.41) is 0. The van der Waals surface area contributed by atoms with Crippen LogP contribution in [0.2, 0.25) is 0 Å². The molecule has 0 bridgehead atoms. The van der Waals surface area contributed by atoms with Gasteiger partial charge < -0.3 is 0 Å². The monoisotopic (exact) mass is 350 g/mol. The van der Waals surface area contributed by atoms with Crippen LogP contribution in [0.15, 0.2) is 46.1 Å². The third-order valence-corrected chi connectivity index (χ3v) is 3.60. The van der Waals surface area contributed by atoms with Crippen LogP contribution in [0.25, 0.3) is 0 Å². The molecule has 130 valence electrons. The summed E-state index contributed by atoms with van der Waals surface area (Å²) >= 11 is 5.63. The second kappa shape index (κ2) is 9.88. The molecule has 1 heterocycles. The molecule has 0 fully saturated rings. The van der Waals surface area contributed by atoms with Gasteiger partial charge in [-0.05, 0) is 31.9 Å². The fraction of sp³-hybridized carbons (Fsp3) is 0.389. The number of aryl methyl sites for hydroxylation is 2. The zero-order valence-corrected chi connectivity index (χ0v) is 15.0. The number of nitrogens with zero attached hydrogens (tertiary/aromatic N) is 2. The summed E-state index contributed by atoms with van der Waals surface area (Å²) in [6, 6.07) is 8.29. The van der Waals surface area contributed by atoms with Crippen LogP contribution in [0.4, 0.5) is 0 Å². The van der Waals surface area contributed by atoms with Crippen molar-refractivity contribution in [3.05, 3.63) is 68.5 Å². The first-order valence-electron chi connectivity index (χ1n) is 8.05. The van der Waals surface area contributed by atoms with Crippen LogP contribution in [0.1, 0.15) is 42.6 Å². The van der Waals surface area contributed by atoms with Gasteiger partial charge >= 0.3 is 5.69 Å². The molecule has 0 aliphatic heterocycles. The van der Waals surface area contributed by atoms with Gasteiger partial charge in [0.25, 0.3) is 11.5 Å². The summed E-state index contributed by atoms with van der Waals surface area (Å²) < 4.78 is 2.09. The van der Waals surface area contributed by atoms with E-state index in [1.165, 1.54) is 10.8 Å². The fourth-order valence-corrected chi connectivity index (χ4v) is 2.35. The lowest BCUT2D eigenvalue weighted by Crippen LogP contribution is -2.44. The highest BCUT2D eigenvalue weighted by molar-refractivity contribution is 6.17. The molecule has 0 aliphatic carbocycles. The molecule has 1 aromatic heterocycles. The van der Waals surface area contributed by atoms with Gasteiger partial charge in [-0.15, -0.1) is 11.6 Å². The van der Waals surface area contributed by atoms with Crippen molar-refractivity contribution in [2.45, 2.75) is 40.2 Å². The normalized spacial score (nSPS) is 10.0. The molecule has 2 rings (SSSR count). The van der Waals surface area contributed by atoms with E-state index in [1.807, 2.05) is 13.8 Å². The van der Waals surface area contributed by atoms with Gasteiger partial charge in [0.1, 0.15) is 0 Å². The van der Waals surface area contributed by atoms with Crippen LogP contribution in [0, 0.1) is 6.92 Å². The Morgan fingerprint density at radius 1 is 1.08 bits per heavy atom. The van der Waals surface area contributed by atoms with Crippen molar-refractivity contribution in [2.75, 3.05) is 5.88 Å². The quantitative estimate of drug-likeness (QED) is 0.615. The van der Waals surface area contributed by atoms with Gasteiger partial charge in [0, 0.05) is 29.7 Å². The third kappa shape index (κ3) is 4.68. The molecule has 1 aromatic carbocycles. The van der Waals surface area contributed by atoms with E-state index in [-0.39, 0.29) is 0 Å². The number of hydrogen-bond donors (Lipinski definition) is 0. The van der Waals surface area contributed by atoms with Crippen molar-refractivity contribution in [1.82, 2.24) is 9.13 Å². The van der Waals surface area contributed by atoms with Gasteiger partial charge in [-0.1, -0.05) is 32.0 Å². The van der Waals surface area contributed by atoms with Gasteiger partial charge in [0.15, 0.2) is 0 Å². The Hall–Kier alpha value is -2.14. The molecule has 2 aromatic rings. The number of rotatable bonds is 5. The van der Waals surface area contributed by atoms with Crippen LogP contribution in [-0.4, -0.2) is 20.9 Å². The fourth-order valence-electron chi connectivity index (χ4n) is 2.16. The average molecular weight is 351 g/mol. The zero-order chi connectivity index (χ0) is 18.1. The average Bonchev–Trinajstić information content (AvgIpc) is 2.62. The summed E-state index contributed by atoms with van der Waals surface area (Å²) in [6.07, 6.45) is 2.97. The highest BCUT2D eigenvalue weighted by atomic mass is 35.5. The van der Waals surface area contributed by atoms with Gasteiger partial charge in [0.05, 0.1) is 0 Å². The lowest BCUT2D eigenvalue weighted by Gasteiger charge is -2.10. The van der Waals surface area contributed by atoms with Crippen LogP contribution in [0.3, 0.4) is 0 Å². The standard InChI is InChI=1S/C16H17ClN2O3.C2H6/c1-12-11-18(10-6-5-9-17)16(22)19(14(12)20)15(21)13-7-3-2-4-8-13;1-2/h2-4,7-8,11H,5-6,9-10H2,1H3;1-2H3. The molecule has 0 atom stereocenters. The number of alkyl halides is 1. The highest BCUT2D eigenvalue weighted by Gasteiger charge is 2.16. The van der Waals surface area contributed by atoms with E-state index in [0.29, 0.717) is 34.5 Å². The van der Waals surface area contributed by atoms with E-state index in [1.54, 1.807) is 37.3 Å². The van der Waals surface area contributed by atoms with E-state index in [0.717, 1.165) is 6.42 Å². The van der Waals surface area contributed by atoms with Crippen molar-refractivity contribution < 1.29 is 4.79 Å². The minimum Gasteiger partial charge on any atom is -0.300 e. The number of unbranched alkanes of at least 4 members (excludes halogenated alkanes) is 1. The van der Waals surface area contributed by atoms with Crippen LogP contribution < -0.4 is 11.2 Å². The SMILES string of the molecule is CC.Cc1cn(CCCCCl)c(=O)n(C(=O)c2ccccc2)c1=O. The second-order valence-electron chi connectivity index (χ2n) is 5.00. The van der Waals surface area contributed by atoms with Crippen LogP contribution in [-0.2, 0) is 6.54 Å². The number of carbonyl (C=O) groups is 1. The molecule has 0 unspecified atom stereocenters. The Kier molecular flexibility index (Phi) is 8.19. The molecule has 0 radical (unpaired) electrons. The Morgan fingerprint density at radius 3 is 2.29 bits per heavy atom. The summed E-state index contributed by atoms with van der Waals surface area (Å²) in [4.78, 5) is 37.1. The first kappa shape index (κ1) is 19.9. The molecule has 0 saturated heterocycles. The lowest BCUT2D eigenvalue weighted by atomic mass is 10.2. The van der Waals surface area contributed by atoms with Crippen LogP contribution >= 0.6 is 11.6 Å². The number of hydrogen-bond acceptors (Lipinski definition) is 3. The van der Waals surface area contributed by atoms with Gasteiger partial charge in [-0.3, -0.25) is 14.2 Å². The maximum absolute atomic E-state index is 12.5. The molecule has 0 aliphatic rings. The van der Waals surface area contributed by atoms with Gasteiger partial charge in [-0.2, -0.15) is 4.57 Å². The van der Waals surface area contributed by atoms with Crippen molar-refractivity contribution in [2.24, 2.45) is 0 Å². The number of aromatic nitrogens is 2. The maximum Gasteiger partial charge on any atom is 0.338 e. The molecule has 0 saturated carbocycles. The molecule has 0 amide bonds. The van der Waals surface area contributed by atoms with Gasteiger partial charge in [-0.25, -0.2) is 4.79 Å². The van der Waals surface area contributed by atoms with Crippen molar-refractivity contribution in [1.29, 1.82) is 0 Å². The van der Waals surface area contributed by atoms with E-state index >= 15 is 0 Å².